The topological polar surface area (TPSA) is 9.23 Å². The van der Waals surface area contributed by atoms with Gasteiger partial charge in [-0.05, 0) is 23.5 Å². The van der Waals surface area contributed by atoms with E-state index in [4.69, 9.17) is 4.74 Å². The first kappa shape index (κ1) is 11.5. The van der Waals surface area contributed by atoms with Gasteiger partial charge in [-0.25, -0.2) is 0 Å². The molecular weight excluding hydrogens is 196 g/mol. The van der Waals surface area contributed by atoms with Crippen LogP contribution in [0, 0.1) is 5.41 Å². The van der Waals surface area contributed by atoms with Crippen molar-refractivity contribution in [3.63, 3.8) is 0 Å². The van der Waals surface area contributed by atoms with Gasteiger partial charge in [0.15, 0.2) is 0 Å². The zero-order valence-electron chi connectivity index (χ0n) is 11.1. The third-order valence-corrected chi connectivity index (χ3v) is 3.10. The van der Waals surface area contributed by atoms with Crippen LogP contribution in [0.3, 0.4) is 0 Å². The van der Waals surface area contributed by atoms with E-state index in [1.165, 1.54) is 11.1 Å². The molecule has 16 heavy (non-hydrogen) atoms. The summed E-state index contributed by atoms with van der Waals surface area (Å²) in [6.07, 6.45) is 1.11. The van der Waals surface area contributed by atoms with Crippen molar-refractivity contribution >= 4 is 0 Å². The molecule has 0 atom stereocenters. The smallest absolute Gasteiger partial charge is 0.123 e. The van der Waals surface area contributed by atoms with E-state index in [1.54, 1.807) is 0 Å². The van der Waals surface area contributed by atoms with E-state index in [-0.39, 0.29) is 5.41 Å². The third kappa shape index (κ3) is 2.09. The predicted molar refractivity (Wildman–Crippen MR) is 68.1 cm³/mol. The molecular formula is C15H22O. The number of fused-ring (bicyclic) bond motifs is 1. The summed E-state index contributed by atoms with van der Waals surface area (Å²) in [5, 5.41) is 0. The van der Waals surface area contributed by atoms with Gasteiger partial charge in [-0.2, -0.15) is 0 Å². The van der Waals surface area contributed by atoms with Gasteiger partial charge >= 0.3 is 0 Å². The molecule has 0 bridgehead atoms. The van der Waals surface area contributed by atoms with Crippen LogP contribution in [0.5, 0.6) is 5.75 Å². The molecule has 1 heteroatoms. The van der Waals surface area contributed by atoms with E-state index in [0.29, 0.717) is 5.41 Å². The largest absolute Gasteiger partial charge is 0.492 e. The van der Waals surface area contributed by atoms with Gasteiger partial charge in [0.05, 0.1) is 6.61 Å². The average molecular weight is 218 g/mol. The SMILES string of the molecule is CC(C)(C)Cc1cccc2c1C(C)(C)CO2. The summed E-state index contributed by atoms with van der Waals surface area (Å²) in [6, 6.07) is 6.46. The fourth-order valence-corrected chi connectivity index (χ4v) is 2.51. The summed E-state index contributed by atoms with van der Waals surface area (Å²) >= 11 is 0. The van der Waals surface area contributed by atoms with E-state index in [0.717, 1.165) is 18.8 Å². The second-order valence-corrected chi connectivity index (χ2v) is 6.70. The summed E-state index contributed by atoms with van der Waals surface area (Å²) in [4.78, 5) is 0. The number of ether oxygens (including phenoxy) is 1. The number of hydrogen-bond acceptors (Lipinski definition) is 1. The summed E-state index contributed by atoms with van der Waals surface area (Å²) in [5.74, 6) is 1.09. The molecule has 2 rings (SSSR count). The molecule has 88 valence electrons. The van der Waals surface area contributed by atoms with Crippen LogP contribution in [0.4, 0.5) is 0 Å². The van der Waals surface area contributed by atoms with Gasteiger partial charge < -0.3 is 4.74 Å². The Hall–Kier alpha value is -0.980. The zero-order chi connectivity index (χ0) is 12.0. The standard InChI is InChI=1S/C15H22O/c1-14(2,3)9-11-7-6-8-12-13(11)15(4,5)10-16-12/h6-8H,9-10H2,1-5H3. The molecule has 0 saturated carbocycles. The first-order valence-corrected chi connectivity index (χ1v) is 6.05. The van der Waals surface area contributed by atoms with Crippen molar-refractivity contribution < 1.29 is 4.74 Å². The van der Waals surface area contributed by atoms with Crippen molar-refractivity contribution in [1.82, 2.24) is 0 Å². The lowest BCUT2D eigenvalue weighted by Gasteiger charge is -2.24. The van der Waals surface area contributed by atoms with Crippen LogP contribution in [0.2, 0.25) is 0 Å². The van der Waals surface area contributed by atoms with Crippen molar-refractivity contribution in [2.45, 2.75) is 46.5 Å². The molecule has 0 N–H and O–H groups in total. The van der Waals surface area contributed by atoms with E-state index < -0.39 is 0 Å². The number of benzene rings is 1. The minimum Gasteiger partial charge on any atom is -0.492 e. The summed E-state index contributed by atoms with van der Waals surface area (Å²) in [7, 11) is 0. The summed E-state index contributed by atoms with van der Waals surface area (Å²) < 4.78 is 5.77. The first-order valence-electron chi connectivity index (χ1n) is 6.05. The summed E-state index contributed by atoms with van der Waals surface area (Å²) in [6.45, 7) is 12.2. The fourth-order valence-electron chi connectivity index (χ4n) is 2.51. The molecule has 0 unspecified atom stereocenters. The zero-order valence-corrected chi connectivity index (χ0v) is 11.1. The van der Waals surface area contributed by atoms with Crippen molar-refractivity contribution in [2.24, 2.45) is 5.41 Å². The summed E-state index contributed by atoms with van der Waals surface area (Å²) in [5.41, 5.74) is 3.36. The van der Waals surface area contributed by atoms with E-state index in [9.17, 15) is 0 Å². The van der Waals surface area contributed by atoms with Crippen LogP contribution < -0.4 is 4.74 Å². The number of rotatable bonds is 1. The second-order valence-electron chi connectivity index (χ2n) is 6.70. The molecule has 0 spiro atoms. The van der Waals surface area contributed by atoms with E-state index >= 15 is 0 Å². The Kier molecular flexibility index (Phi) is 2.52. The maximum atomic E-state index is 5.77. The van der Waals surface area contributed by atoms with Crippen LogP contribution >= 0.6 is 0 Å². The fraction of sp³-hybridized carbons (Fsp3) is 0.600. The van der Waals surface area contributed by atoms with Crippen molar-refractivity contribution in [3.05, 3.63) is 29.3 Å². The van der Waals surface area contributed by atoms with Crippen LogP contribution in [0.15, 0.2) is 18.2 Å². The van der Waals surface area contributed by atoms with Gasteiger partial charge in [0.1, 0.15) is 5.75 Å². The maximum absolute atomic E-state index is 5.77. The highest BCUT2D eigenvalue weighted by Gasteiger charge is 2.34. The Morgan fingerprint density at radius 2 is 1.94 bits per heavy atom. The Morgan fingerprint density at radius 1 is 1.25 bits per heavy atom. The predicted octanol–water partition coefficient (Wildman–Crippen LogP) is 3.95. The Labute approximate surface area is 98.8 Å². The monoisotopic (exact) mass is 218 g/mol. The van der Waals surface area contributed by atoms with E-state index in [2.05, 4.69) is 52.8 Å². The molecule has 1 heterocycles. The molecule has 0 amide bonds. The second kappa shape index (κ2) is 3.51. The lowest BCUT2D eigenvalue weighted by atomic mass is 9.78. The maximum Gasteiger partial charge on any atom is 0.123 e. The Bertz CT molecular complexity index is 396. The van der Waals surface area contributed by atoms with Gasteiger partial charge in [0, 0.05) is 11.0 Å². The highest BCUT2D eigenvalue weighted by Crippen LogP contribution is 2.42. The van der Waals surface area contributed by atoms with Gasteiger partial charge in [-0.3, -0.25) is 0 Å². The normalized spacial score (nSPS) is 18.1. The lowest BCUT2D eigenvalue weighted by Crippen LogP contribution is -2.21. The molecule has 0 fully saturated rings. The van der Waals surface area contributed by atoms with Crippen LogP contribution in [0.1, 0.15) is 45.7 Å². The molecule has 0 aliphatic carbocycles. The molecule has 1 aliphatic rings. The number of hydrogen-bond donors (Lipinski definition) is 0. The van der Waals surface area contributed by atoms with Gasteiger partial charge in [0.2, 0.25) is 0 Å². The minimum absolute atomic E-state index is 0.164. The van der Waals surface area contributed by atoms with Crippen LogP contribution in [-0.2, 0) is 11.8 Å². The minimum atomic E-state index is 0.164. The Balaban J connectivity index is 2.45. The molecule has 1 aromatic rings. The molecule has 1 aromatic carbocycles. The van der Waals surface area contributed by atoms with Crippen molar-refractivity contribution in [2.75, 3.05) is 6.61 Å². The van der Waals surface area contributed by atoms with Crippen LogP contribution in [0.25, 0.3) is 0 Å². The van der Waals surface area contributed by atoms with Gasteiger partial charge in [0.25, 0.3) is 0 Å². The highest BCUT2D eigenvalue weighted by atomic mass is 16.5. The van der Waals surface area contributed by atoms with Gasteiger partial charge in [-0.15, -0.1) is 0 Å². The van der Waals surface area contributed by atoms with Crippen molar-refractivity contribution in [1.29, 1.82) is 0 Å². The Morgan fingerprint density at radius 3 is 2.56 bits per heavy atom. The van der Waals surface area contributed by atoms with Crippen LogP contribution in [-0.4, -0.2) is 6.61 Å². The molecule has 0 radical (unpaired) electrons. The van der Waals surface area contributed by atoms with Crippen molar-refractivity contribution in [3.8, 4) is 5.75 Å². The molecule has 0 aromatic heterocycles. The van der Waals surface area contributed by atoms with E-state index in [1.807, 2.05) is 0 Å². The van der Waals surface area contributed by atoms with Gasteiger partial charge in [-0.1, -0.05) is 46.8 Å². The quantitative estimate of drug-likeness (QED) is 0.693. The lowest BCUT2D eigenvalue weighted by molar-refractivity contribution is 0.290. The molecule has 1 aliphatic heterocycles. The average Bonchev–Trinajstić information content (AvgIpc) is 2.41. The molecule has 0 saturated heterocycles. The third-order valence-electron chi connectivity index (χ3n) is 3.10. The first-order chi connectivity index (χ1) is 7.30. The highest BCUT2D eigenvalue weighted by molar-refractivity contribution is 5.48. The molecule has 1 nitrogen and oxygen atoms in total.